The Labute approximate surface area is 130 Å². The van der Waals surface area contributed by atoms with Gasteiger partial charge in [-0.1, -0.05) is 12.1 Å². The average Bonchev–Trinajstić information content (AvgIpc) is 3.10. The summed E-state index contributed by atoms with van der Waals surface area (Å²) < 4.78 is 6.49. The molecule has 3 rings (SSSR count). The van der Waals surface area contributed by atoms with Gasteiger partial charge in [0, 0.05) is 31.6 Å². The highest BCUT2D eigenvalue weighted by Crippen LogP contribution is 2.30. The molecule has 2 aromatic rings. The lowest BCUT2D eigenvalue weighted by molar-refractivity contribution is 0.160. The molecule has 2 aromatic heterocycles. The van der Waals surface area contributed by atoms with Crippen LogP contribution in [0, 0.1) is 0 Å². The number of aromatic nitrogens is 2. The zero-order valence-corrected chi connectivity index (χ0v) is 13.7. The molecule has 0 amide bonds. The van der Waals surface area contributed by atoms with Gasteiger partial charge >= 0.3 is 0 Å². The first-order valence-corrected chi connectivity index (χ1v) is 8.48. The van der Waals surface area contributed by atoms with Gasteiger partial charge in [-0.3, -0.25) is 4.90 Å². The van der Waals surface area contributed by atoms with Gasteiger partial charge in [-0.15, -0.1) is 11.3 Å². The molecule has 1 fully saturated rings. The SMILES string of the molecule is CCC(c1noc(-c2csc(Br)c2)n1)N1CCNCC1. The van der Waals surface area contributed by atoms with Gasteiger partial charge in [-0.05, 0) is 28.4 Å². The Hall–Kier alpha value is -0.760. The molecule has 7 heteroatoms. The summed E-state index contributed by atoms with van der Waals surface area (Å²) >= 11 is 5.08. The van der Waals surface area contributed by atoms with Crippen molar-refractivity contribution in [1.82, 2.24) is 20.4 Å². The summed E-state index contributed by atoms with van der Waals surface area (Å²) in [5.41, 5.74) is 0.982. The van der Waals surface area contributed by atoms with Crippen molar-refractivity contribution in [3.05, 3.63) is 21.1 Å². The Morgan fingerprint density at radius 3 is 2.95 bits per heavy atom. The van der Waals surface area contributed by atoms with Gasteiger partial charge in [-0.2, -0.15) is 4.98 Å². The molecule has 3 heterocycles. The van der Waals surface area contributed by atoms with Gasteiger partial charge in [0.1, 0.15) is 0 Å². The van der Waals surface area contributed by atoms with Crippen molar-refractivity contribution >= 4 is 27.3 Å². The fourth-order valence-corrected chi connectivity index (χ4v) is 3.64. The van der Waals surface area contributed by atoms with E-state index in [0.29, 0.717) is 5.89 Å². The Morgan fingerprint density at radius 2 is 2.30 bits per heavy atom. The highest BCUT2D eigenvalue weighted by Gasteiger charge is 2.25. The van der Waals surface area contributed by atoms with Crippen LogP contribution in [0.2, 0.25) is 0 Å². The van der Waals surface area contributed by atoms with E-state index in [9.17, 15) is 0 Å². The predicted octanol–water partition coefficient (Wildman–Crippen LogP) is 2.92. The summed E-state index contributed by atoms with van der Waals surface area (Å²) in [6, 6.07) is 2.25. The number of hydrogen-bond acceptors (Lipinski definition) is 6. The van der Waals surface area contributed by atoms with Gasteiger partial charge in [-0.25, -0.2) is 0 Å². The minimum absolute atomic E-state index is 0.247. The fourth-order valence-electron chi connectivity index (χ4n) is 2.51. The van der Waals surface area contributed by atoms with Crippen LogP contribution >= 0.6 is 27.3 Å². The Kier molecular flexibility index (Phi) is 4.50. The maximum Gasteiger partial charge on any atom is 0.258 e. The third-order valence-corrected chi connectivity index (χ3v) is 5.04. The lowest BCUT2D eigenvalue weighted by atomic mass is 10.1. The molecular formula is C13H17BrN4OS. The molecule has 0 aromatic carbocycles. The summed E-state index contributed by atoms with van der Waals surface area (Å²) in [5.74, 6) is 1.40. The number of rotatable bonds is 4. The number of nitrogens with one attached hydrogen (secondary N) is 1. The van der Waals surface area contributed by atoms with Gasteiger partial charge in [0.05, 0.1) is 15.4 Å². The summed E-state index contributed by atoms with van der Waals surface area (Å²) in [5, 5.41) is 9.58. The Bertz CT molecular complexity index is 564. The molecule has 108 valence electrons. The van der Waals surface area contributed by atoms with Crippen LogP contribution in [-0.4, -0.2) is 41.2 Å². The van der Waals surface area contributed by atoms with Crippen molar-refractivity contribution < 1.29 is 4.52 Å². The number of thiophene rings is 1. The Morgan fingerprint density at radius 1 is 1.50 bits per heavy atom. The number of nitrogens with zero attached hydrogens (tertiary/aromatic N) is 3. The fraction of sp³-hybridized carbons (Fsp3) is 0.538. The van der Waals surface area contributed by atoms with Crippen LogP contribution in [0.3, 0.4) is 0 Å². The number of halogens is 1. The molecule has 0 saturated carbocycles. The van der Waals surface area contributed by atoms with Crippen LogP contribution in [0.1, 0.15) is 25.2 Å². The van der Waals surface area contributed by atoms with Gasteiger partial charge in [0.15, 0.2) is 5.82 Å². The molecule has 0 radical (unpaired) electrons. The van der Waals surface area contributed by atoms with Gasteiger partial charge in [0.2, 0.25) is 0 Å². The number of piperazine rings is 1. The third-order valence-electron chi connectivity index (χ3n) is 3.53. The van der Waals surface area contributed by atoms with E-state index in [0.717, 1.165) is 47.8 Å². The minimum atomic E-state index is 0.247. The van der Waals surface area contributed by atoms with Crippen molar-refractivity contribution in [3.63, 3.8) is 0 Å². The minimum Gasteiger partial charge on any atom is -0.334 e. The quantitative estimate of drug-likeness (QED) is 0.912. The lowest BCUT2D eigenvalue weighted by Crippen LogP contribution is -2.45. The smallest absolute Gasteiger partial charge is 0.258 e. The van der Waals surface area contributed by atoms with Crippen molar-refractivity contribution in [3.8, 4) is 11.5 Å². The van der Waals surface area contributed by atoms with Crippen molar-refractivity contribution in [2.24, 2.45) is 0 Å². The molecule has 5 nitrogen and oxygen atoms in total. The van der Waals surface area contributed by atoms with Gasteiger partial charge in [0.25, 0.3) is 5.89 Å². The molecule has 1 atom stereocenters. The standard InChI is InChI=1S/C13H17BrN4OS/c1-2-10(18-5-3-15-4-6-18)12-16-13(19-17-12)9-7-11(14)20-8-9/h7-8,10,15H,2-6H2,1H3. The first kappa shape index (κ1) is 14.2. The third kappa shape index (κ3) is 2.95. The van der Waals surface area contributed by atoms with E-state index in [1.165, 1.54) is 0 Å². The topological polar surface area (TPSA) is 54.2 Å². The molecule has 0 bridgehead atoms. The highest BCUT2D eigenvalue weighted by molar-refractivity contribution is 9.11. The van der Waals surface area contributed by atoms with Gasteiger partial charge < -0.3 is 9.84 Å². The molecule has 20 heavy (non-hydrogen) atoms. The van der Waals surface area contributed by atoms with E-state index in [-0.39, 0.29) is 6.04 Å². The maximum atomic E-state index is 5.42. The molecule has 0 spiro atoms. The van der Waals surface area contributed by atoms with Crippen LogP contribution in [0.5, 0.6) is 0 Å². The summed E-state index contributed by atoms with van der Waals surface area (Å²) in [4.78, 5) is 7.01. The van der Waals surface area contributed by atoms with E-state index in [2.05, 4.69) is 43.2 Å². The predicted molar refractivity (Wildman–Crippen MR) is 82.8 cm³/mol. The molecule has 1 aliphatic heterocycles. The van der Waals surface area contributed by atoms with Crippen molar-refractivity contribution in [2.45, 2.75) is 19.4 Å². The van der Waals surface area contributed by atoms with Crippen molar-refractivity contribution in [2.75, 3.05) is 26.2 Å². The Balaban J connectivity index is 1.80. The van der Waals surface area contributed by atoms with E-state index >= 15 is 0 Å². The van der Waals surface area contributed by atoms with E-state index in [1.807, 2.05) is 11.4 Å². The van der Waals surface area contributed by atoms with Crippen LogP contribution in [0.4, 0.5) is 0 Å². The van der Waals surface area contributed by atoms with Crippen LogP contribution in [0.25, 0.3) is 11.5 Å². The zero-order valence-electron chi connectivity index (χ0n) is 11.3. The summed E-state index contributed by atoms with van der Waals surface area (Å²) in [6.07, 6.45) is 0.992. The van der Waals surface area contributed by atoms with E-state index in [4.69, 9.17) is 4.52 Å². The van der Waals surface area contributed by atoms with E-state index < -0.39 is 0 Å². The second kappa shape index (κ2) is 6.34. The maximum absolute atomic E-state index is 5.42. The largest absolute Gasteiger partial charge is 0.334 e. The van der Waals surface area contributed by atoms with E-state index in [1.54, 1.807) is 11.3 Å². The normalized spacial score (nSPS) is 18.3. The molecule has 1 unspecified atom stereocenters. The molecule has 0 aliphatic carbocycles. The lowest BCUT2D eigenvalue weighted by Gasteiger charge is -2.32. The summed E-state index contributed by atoms with van der Waals surface area (Å²) in [6.45, 7) is 6.29. The first-order valence-electron chi connectivity index (χ1n) is 6.80. The van der Waals surface area contributed by atoms with Crippen LogP contribution in [-0.2, 0) is 0 Å². The molecule has 1 N–H and O–H groups in total. The van der Waals surface area contributed by atoms with Crippen LogP contribution in [0.15, 0.2) is 19.8 Å². The summed E-state index contributed by atoms with van der Waals surface area (Å²) in [7, 11) is 0. The molecule has 1 saturated heterocycles. The second-order valence-corrected chi connectivity index (χ2v) is 7.10. The molecule has 1 aliphatic rings. The van der Waals surface area contributed by atoms with Crippen LogP contribution < -0.4 is 5.32 Å². The van der Waals surface area contributed by atoms with Crippen molar-refractivity contribution in [1.29, 1.82) is 0 Å². The second-order valence-electron chi connectivity index (χ2n) is 4.81. The zero-order chi connectivity index (χ0) is 13.9. The average molecular weight is 357 g/mol. The monoisotopic (exact) mass is 356 g/mol. The first-order chi connectivity index (χ1) is 9.78. The number of hydrogen-bond donors (Lipinski definition) is 1. The molecular weight excluding hydrogens is 340 g/mol. The highest BCUT2D eigenvalue weighted by atomic mass is 79.9.